The second-order valence-corrected chi connectivity index (χ2v) is 9.93. The van der Waals surface area contributed by atoms with Gasteiger partial charge in [0.05, 0.1) is 16.8 Å². The Morgan fingerprint density at radius 3 is 2.56 bits per heavy atom. The van der Waals surface area contributed by atoms with E-state index >= 15 is 0 Å². The summed E-state index contributed by atoms with van der Waals surface area (Å²) < 4.78 is 29.8. The number of fused-ring (bicyclic) bond motifs is 1. The van der Waals surface area contributed by atoms with Crippen LogP contribution in [0, 0.1) is 0 Å². The van der Waals surface area contributed by atoms with Crippen molar-refractivity contribution in [3.05, 3.63) is 77.5 Å². The molecule has 4 aromatic rings. The molecule has 34 heavy (non-hydrogen) atoms. The zero-order valence-electron chi connectivity index (χ0n) is 18.2. The molecule has 1 N–H and O–H groups in total. The van der Waals surface area contributed by atoms with Gasteiger partial charge in [0.25, 0.3) is 5.56 Å². The summed E-state index contributed by atoms with van der Waals surface area (Å²) in [5.41, 5.74) is 1.10. The number of amides is 1. The van der Waals surface area contributed by atoms with E-state index in [1.165, 1.54) is 33.5 Å². The number of para-hydroxylation sites is 1. The van der Waals surface area contributed by atoms with E-state index in [1.54, 1.807) is 16.8 Å². The van der Waals surface area contributed by atoms with Crippen LogP contribution in [0.4, 0.5) is 5.69 Å². The summed E-state index contributed by atoms with van der Waals surface area (Å²) in [5, 5.41) is 7.22. The third-order valence-electron chi connectivity index (χ3n) is 5.69. The number of hydrogen-bond donors (Lipinski definition) is 1. The Hall–Kier alpha value is -3.83. The lowest BCUT2D eigenvalue weighted by atomic mass is 10.3. The molecule has 1 aliphatic heterocycles. The maximum atomic E-state index is 12.9. The Kier molecular flexibility index (Phi) is 5.72. The van der Waals surface area contributed by atoms with Gasteiger partial charge in [0, 0.05) is 18.8 Å². The number of rotatable bonds is 6. The topological polar surface area (TPSA) is 119 Å². The van der Waals surface area contributed by atoms with E-state index < -0.39 is 21.5 Å². The van der Waals surface area contributed by atoms with Crippen LogP contribution in [0.25, 0.3) is 16.7 Å². The lowest BCUT2D eigenvalue weighted by Crippen LogP contribution is -2.29. The summed E-state index contributed by atoms with van der Waals surface area (Å²) in [6.07, 6.45) is 4.42. The number of anilines is 1. The normalized spacial score (nSPS) is 14.5. The molecule has 3 heterocycles. The van der Waals surface area contributed by atoms with Crippen molar-refractivity contribution in [2.75, 3.05) is 18.4 Å². The van der Waals surface area contributed by atoms with Gasteiger partial charge in [0.15, 0.2) is 5.65 Å². The molecule has 1 aliphatic rings. The van der Waals surface area contributed by atoms with Crippen molar-refractivity contribution < 1.29 is 13.2 Å². The molecule has 1 fully saturated rings. The van der Waals surface area contributed by atoms with Crippen LogP contribution in [0.1, 0.15) is 12.8 Å². The Labute approximate surface area is 195 Å². The Bertz CT molecular complexity index is 1520. The number of carbonyl (C=O) groups is 1. The van der Waals surface area contributed by atoms with Gasteiger partial charge in [-0.05, 0) is 43.2 Å². The van der Waals surface area contributed by atoms with E-state index in [-0.39, 0.29) is 16.8 Å². The molecule has 0 atom stereocenters. The third-order valence-corrected chi connectivity index (χ3v) is 7.58. The Morgan fingerprint density at radius 1 is 1.03 bits per heavy atom. The van der Waals surface area contributed by atoms with Crippen molar-refractivity contribution >= 4 is 32.7 Å². The quantitative estimate of drug-likeness (QED) is 0.453. The second kappa shape index (κ2) is 8.84. The molecule has 0 saturated carbocycles. The van der Waals surface area contributed by atoms with Crippen molar-refractivity contribution in [1.29, 1.82) is 0 Å². The number of sulfonamides is 1. The molecular weight excluding hydrogens is 456 g/mol. The first-order valence-corrected chi connectivity index (χ1v) is 12.3. The highest BCUT2D eigenvalue weighted by atomic mass is 32.2. The van der Waals surface area contributed by atoms with Crippen LogP contribution in [0.2, 0.25) is 0 Å². The predicted molar refractivity (Wildman–Crippen MR) is 126 cm³/mol. The van der Waals surface area contributed by atoms with Crippen molar-refractivity contribution in [1.82, 2.24) is 23.6 Å². The minimum absolute atomic E-state index is 0.126. The highest BCUT2D eigenvalue weighted by Crippen LogP contribution is 2.23. The highest BCUT2D eigenvalue weighted by Gasteiger charge is 2.27. The molecule has 1 amide bonds. The van der Waals surface area contributed by atoms with Crippen molar-refractivity contribution in [3.63, 3.8) is 0 Å². The number of nitrogens with one attached hydrogen (secondary N) is 1. The lowest BCUT2D eigenvalue weighted by molar-refractivity contribution is -0.116. The molecule has 174 valence electrons. The summed E-state index contributed by atoms with van der Waals surface area (Å²) in [6.45, 7) is 0.720. The van der Waals surface area contributed by atoms with Crippen LogP contribution in [-0.4, -0.2) is 51.1 Å². The maximum Gasteiger partial charge on any atom is 0.264 e. The summed E-state index contributed by atoms with van der Waals surface area (Å²) in [6, 6.07) is 15.4. The van der Waals surface area contributed by atoms with Gasteiger partial charge in [0.1, 0.15) is 18.3 Å². The van der Waals surface area contributed by atoms with Crippen molar-refractivity contribution in [3.8, 4) is 5.69 Å². The first-order valence-electron chi connectivity index (χ1n) is 10.8. The SMILES string of the molecule is O=C(Cn1cnc2c(cnn2-c2ccccc2)c1=O)Nc1cccc(S(=O)(=O)N2CCCC2)c1. The molecule has 1 saturated heterocycles. The van der Waals surface area contributed by atoms with Gasteiger partial charge >= 0.3 is 0 Å². The van der Waals surface area contributed by atoms with Crippen LogP contribution in [0.3, 0.4) is 0 Å². The van der Waals surface area contributed by atoms with E-state index in [0.717, 1.165) is 18.5 Å². The minimum Gasteiger partial charge on any atom is -0.324 e. The van der Waals surface area contributed by atoms with Gasteiger partial charge < -0.3 is 5.32 Å². The molecule has 0 spiro atoms. The standard InChI is InChI=1S/C23H22N6O4S/c30-21(26-17-7-6-10-19(13-17)34(32,33)28-11-4-5-12-28)15-27-16-24-22-20(23(27)31)14-25-29(22)18-8-2-1-3-9-18/h1-3,6-10,13-14,16H,4-5,11-12,15H2,(H,26,30). The van der Waals surface area contributed by atoms with Gasteiger partial charge in [-0.25, -0.2) is 18.1 Å². The lowest BCUT2D eigenvalue weighted by Gasteiger charge is -2.16. The van der Waals surface area contributed by atoms with E-state index in [2.05, 4.69) is 15.4 Å². The van der Waals surface area contributed by atoms with E-state index in [9.17, 15) is 18.0 Å². The Morgan fingerprint density at radius 2 is 1.79 bits per heavy atom. The van der Waals surface area contributed by atoms with E-state index in [1.807, 2.05) is 30.3 Å². The minimum atomic E-state index is -3.60. The summed E-state index contributed by atoms with van der Waals surface area (Å²) in [5.74, 6) is -0.477. The van der Waals surface area contributed by atoms with Crippen LogP contribution in [0.5, 0.6) is 0 Å². The molecule has 0 unspecified atom stereocenters. The fourth-order valence-electron chi connectivity index (χ4n) is 3.99. The molecule has 0 aliphatic carbocycles. The first kappa shape index (κ1) is 22.0. The number of hydrogen-bond acceptors (Lipinski definition) is 6. The number of aromatic nitrogens is 4. The van der Waals surface area contributed by atoms with Gasteiger partial charge in [0.2, 0.25) is 15.9 Å². The van der Waals surface area contributed by atoms with Gasteiger partial charge in [-0.2, -0.15) is 9.40 Å². The fourth-order valence-corrected chi connectivity index (χ4v) is 5.55. The average molecular weight is 479 g/mol. The van der Waals surface area contributed by atoms with E-state index in [0.29, 0.717) is 24.4 Å². The van der Waals surface area contributed by atoms with Gasteiger partial charge in [-0.3, -0.25) is 14.2 Å². The van der Waals surface area contributed by atoms with Crippen molar-refractivity contribution in [2.45, 2.75) is 24.3 Å². The summed E-state index contributed by atoms with van der Waals surface area (Å²) in [7, 11) is -3.60. The Balaban J connectivity index is 1.35. The molecule has 0 bridgehead atoms. The average Bonchev–Trinajstić information content (AvgIpc) is 3.53. The summed E-state index contributed by atoms with van der Waals surface area (Å²) in [4.78, 5) is 30.0. The highest BCUT2D eigenvalue weighted by molar-refractivity contribution is 7.89. The van der Waals surface area contributed by atoms with Crippen molar-refractivity contribution in [2.24, 2.45) is 0 Å². The molecule has 5 rings (SSSR count). The maximum absolute atomic E-state index is 12.9. The molecule has 11 heteroatoms. The zero-order valence-corrected chi connectivity index (χ0v) is 19.0. The zero-order chi connectivity index (χ0) is 23.7. The fraction of sp³-hybridized carbons (Fsp3) is 0.217. The number of nitrogens with zero attached hydrogens (tertiary/aromatic N) is 5. The van der Waals surface area contributed by atoms with E-state index in [4.69, 9.17) is 0 Å². The second-order valence-electron chi connectivity index (χ2n) is 7.99. The smallest absolute Gasteiger partial charge is 0.264 e. The largest absolute Gasteiger partial charge is 0.324 e. The number of benzene rings is 2. The van der Waals surface area contributed by atoms with Crippen LogP contribution >= 0.6 is 0 Å². The summed E-state index contributed by atoms with van der Waals surface area (Å²) >= 11 is 0. The first-order chi connectivity index (χ1) is 16.4. The molecule has 0 radical (unpaired) electrons. The third kappa shape index (κ3) is 4.11. The molecule has 2 aromatic heterocycles. The van der Waals surface area contributed by atoms with Crippen LogP contribution < -0.4 is 10.9 Å². The monoisotopic (exact) mass is 478 g/mol. The molecule has 2 aromatic carbocycles. The molecular formula is C23H22N6O4S. The van der Waals surface area contributed by atoms with Crippen LogP contribution in [0.15, 0.2) is 76.8 Å². The number of carbonyl (C=O) groups excluding carboxylic acids is 1. The van der Waals surface area contributed by atoms with Gasteiger partial charge in [-0.15, -0.1) is 0 Å². The van der Waals surface area contributed by atoms with Gasteiger partial charge in [-0.1, -0.05) is 24.3 Å². The predicted octanol–water partition coefficient (Wildman–Crippen LogP) is 2.01. The van der Waals surface area contributed by atoms with Crippen LogP contribution in [-0.2, 0) is 21.4 Å². The molecule has 10 nitrogen and oxygen atoms in total.